The van der Waals surface area contributed by atoms with Gasteiger partial charge in [-0.3, -0.25) is 9.59 Å². The summed E-state index contributed by atoms with van der Waals surface area (Å²) in [5.41, 5.74) is 2.37. The van der Waals surface area contributed by atoms with E-state index < -0.39 is 5.97 Å². The minimum Gasteiger partial charge on any atom is -0.481 e. The van der Waals surface area contributed by atoms with E-state index in [0.717, 1.165) is 5.56 Å². The van der Waals surface area contributed by atoms with Crippen LogP contribution in [0.3, 0.4) is 0 Å². The molecule has 0 atom stereocenters. The molecule has 1 aromatic rings. The molecular formula is C18H25NO3. The van der Waals surface area contributed by atoms with E-state index in [1.54, 1.807) is 11.9 Å². The van der Waals surface area contributed by atoms with E-state index >= 15 is 0 Å². The average molecular weight is 303 g/mol. The summed E-state index contributed by atoms with van der Waals surface area (Å²) in [4.78, 5) is 23.9. The van der Waals surface area contributed by atoms with Crippen LogP contribution in [0.25, 0.3) is 6.08 Å². The first-order chi connectivity index (χ1) is 10.4. The molecule has 4 heteroatoms. The highest BCUT2D eigenvalue weighted by Crippen LogP contribution is 2.15. The Labute approximate surface area is 132 Å². The second kappa shape index (κ2) is 9.03. The fraction of sp³-hybridized carbons (Fsp3) is 0.444. The topological polar surface area (TPSA) is 57.6 Å². The number of carboxylic acid groups (broad SMARTS) is 1. The summed E-state index contributed by atoms with van der Waals surface area (Å²) in [6.07, 6.45) is 4.69. The van der Waals surface area contributed by atoms with Crippen LogP contribution in [0.1, 0.15) is 50.2 Å². The molecule has 1 rings (SSSR count). The van der Waals surface area contributed by atoms with Gasteiger partial charge in [-0.2, -0.15) is 0 Å². The molecular weight excluding hydrogens is 278 g/mol. The molecule has 1 N–H and O–H groups in total. The van der Waals surface area contributed by atoms with Crippen molar-refractivity contribution >= 4 is 18.0 Å². The Kier molecular flexibility index (Phi) is 7.37. The van der Waals surface area contributed by atoms with Gasteiger partial charge in [-0.25, -0.2) is 0 Å². The van der Waals surface area contributed by atoms with Crippen molar-refractivity contribution < 1.29 is 14.7 Å². The summed E-state index contributed by atoms with van der Waals surface area (Å²) < 4.78 is 0. The molecule has 0 saturated heterocycles. The zero-order valence-corrected chi connectivity index (χ0v) is 13.6. The third kappa shape index (κ3) is 6.57. The Hall–Kier alpha value is -2.10. The van der Waals surface area contributed by atoms with Crippen LogP contribution in [0.5, 0.6) is 0 Å². The van der Waals surface area contributed by atoms with Gasteiger partial charge in [0.25, 0.3) is 0 Å². The van der Waals surface area contributed by atoms with Gasteiger partial charge in [-0.05, 0) is 23.5 Å². The Balaban J connectivity index is 2.40. The van der Waals surface area contributed by atoms with E-state index in [0.29, 0.717) is 25.3 Å². The number of carbonyl (C=O) groups excluding carboxylic acids is 1. The molecule has 1 aromatic carbocycles. The molecule has 0 heterocycles. The highest BCUT2D eigenvalue weighted by Gasteiger charge is 2.07. The summed E-state index contributed by atoms with van der Waals surface area (Å²) in [7, 11) is 1.70. The van der Waals surface area contributed by atoms with Gasteiger partial charge >= 0.3 is 5.97 Å². The van der Waals surface area contributed by atoms with E-state index in [2.05, 4.69) is 26.0 Å². The van der Waals surface area contributed by atoms with Crippen molar-refractivity contribution in [2.75, 3.05) is 13.6 Å². The monoisotopic (exact) mass is 303 g/mol. The summed E-state index contributed by atoms with van der Waals surface area (Å²) in [5.74, 6) is -0.315. The zero-order chi connectivity index (χ0) is 16.5. The van der Waals surface area contributed by atoms with E-state index in [9.17, 15) is 9.59 Å². The SMILES string of the molecule is CC(C)c1ccc(/C=C/CC(=O)N(C)CCCC(=O)O)cc1. The van der Waals surface area contributed by atoms with Crippen molar-refractivity contribution in [3.8, 4) is 0 Å². The molecule has 0 bridgehead atoms. The van der Waals surface area contributed by atoms with Gasteiger partial charge in [0.1, 0.15) is 0 Å². The van der Waals surface area contributed by atoms with Crippen molar-refractivity contribution in [3.63, 3.8) is 0 Å². The van der Waals surface area contributed by atoms with Crippen LogP contribution in [0.2, 0.25) is 0 Å². The molecule has 22 heavy (non-hydrogen) atoms. The van der Waals surface area contributed by atoms with Crippen molar-refractivity contribution in [1.82, 2.24) is 4.90 Å². The van der Waals surface area contributed by atoms with E-state index in [1.807, 2.05) is 24.3 Å². The normalized spacial score (nSPS) is 11.1. The third-order valence-corrected chi connectivity index (χ3v) is 3.52. The molecule has 4 nitrogen and oxygen atoms in total. The highest BCUT2D eigenvalue weighted by molar-refractivity contribution is 5.78. The van der Waals surface area contributed by atoms with Crippen molar-refractivity contribution in [3.05, 3.63) is 41.5 Å². The molecule has 0 saturated carbocycles. The van der Waals surface area contributed by atoms with Gasteiger partial charge in [0, 0.05) is 26.4 Å². The first-order valence-corrected chi connectivity index (χ1v) is 7.62. The maximum Gasteiger partial charge on any atom is 0.303 e. The van der Waals surface area contributed by atoms with Crippen LogP contribution in [-0.4, -0.2) is 35.5 Å². The van der Waals surface area contributed by atoms with Gasteiger partial charge in [0.15, 0.2) is 0 Å². The molecule has 0 aliphatic carbocycles. The van der Waals surface area contributed by atoms with Gasteiger partial charge < -0.3 is 10.0 Å². The molecule has 0 aliphatic rings. The fourth-order valence-corrected chi connectivity index (χ4v) is 2.04. The molecule has 120 valence electrons. The Morgan fingerprint density at radius 2 is 1.86 bits per heavy atom. The lowest BCUT2D eigenvalue weighted by Crippen LogP contribution is -2.27. The third-order valence-electron chi connectivity index (χ3n) is 3.52. The molecule has 0 fully saturated rings. The number of rotatable bonds is 8. The maximum absolute atomic E-state index is 11.9. The Bertz CT molecular complexity index is 518. The maximum atomic E-state index is 11.9. The summed E-state index contributed by atoms with van der Waals surface area (Å²) in [6, 6.07) is 8.30. The number of benzene rings is 1. The Morgan fingerprint density at radius 1 is 1.23 bits per heavy atom. The molecule has 0 aliphatic heterocycles. The predicted molar refractivity (Wildman–Crippen MR) is 88.7 cm³/mol. The zero-order valence-electron chi connectivity index (χ0n) is 13.6. The lowest BCUT2D eigenvalue weighted by Gasteiger charge is -2.15. The first-order valence-electron chi connectivity index (χ1n) is 7.62. The summed E-state index contributed by atoms with van der Waals surface area (Å²) in [5, 5.41) is 8.57. The largest absolute Gasteiger partial charge is 0.481 e. The van der Waals surface area contributed by atoms with Crippen LogP contribution < -0.4 is 0 Å². The standard InChI is InChI=1S/C18H25NO3/c1-14(2)16-11-9-15(10-12-16)6-4-7-17(20)19(3)13-5-8-18(21)22/h4,6,9-12,14H,5,7-8,13H2,1-3H3,(H,21,22)/b6-4+. The minimum atomic E-state index is -0.828. The quantitative estimate of drug-likeness (QED) is 0.799. The number of nitrogens with zero attached hydrogens (tertiary/aromatic N) is 1. The van der Waals surface area contributed by atoms with Crippen molar-refractivity contribution in [2.45, 2.75) is 39.0 Å². The number of hydrogen-bond acceptors (Lipinski definition) is 2. The molecule has 1 amide bonds. The van der Waals surface area contributed by atoms with Gasteiger partial charge in [-0.1, -0.05) is 50.3 Å². The number of amides is 1. The van der Waals surface area contributed by atoms with Gasteiger partial charge in [0.2, 0.25) is 5.91 Å². The van der Waals surface area contributed by atoms with E-state index in [4.69, 9.17) is 5.11 Å². The van der Waals surface area contributed by atoms with Gasteiger partial charge in [0.05, 0.1) is 0 Å². The highest BCUT2D eigenvalue weighted by atomic mass is 16.4. The molecule has 0 spiro atoms. The molecule has 0 aromatic heterocycles. The summed E-state index contributed by atoms with van der Waals surface area (Å²) >= 11 is 0. The second-order valence-corrected chi connectivity index (χ2v) is 5.74. The van der Waals surface area contributed by atoms with E-state index in [-0.39, 0.29) is 12.3 Å². The smallest absolute Gasteiger partial charge is 0.303 e. The minimum absolute atomic E-state index is 0.000407. The lowest BCUT2D eigenvalue weighted by atomic mass is 10.0. The lowest BCUT2D eigenvalue weighted by molar-refractivity contribution is -0.137. The number of aliphatic carboxylic acids is 1. The molecule has 0 unspecified atom stereocenters. The van der Waals surface area contributed by atoms with Crippen LogP contribution in [-0.2, 0) is 9.59 Å². The summed E-state index contributed by atoms with van der Waals surface area (Å²) in [6.45, 7) is 4.79. The number of carboxylic acids is 1. The van der Waals surface area contributed by atoms with E-state index in [1.165, 1.54) is 5.56 Å². The fourth-order valence-electron chi connectivity index (χ4n) is 2.04. The van der Waals surface area contributed by atoms with Crippen LogP contribution in [0.4, 0.5) is 0 Å². The number of hydrogen-bond donors (Lipinski definition) is 1. The van der Waals surface area contributed by atoms with Crippen molar-refractivity contribution in [2.24, 2.45) is 0 Å². The second-order valence-electron chi connectivity index (χ2n) is 5.74. The van der Waals surface area contributed by atoms with Crippen LogP contribution >= 0.6 is 0 Å². The van der Waals surface area contributed by atoms with Gasteiger partial charge in [-0.15, -0.1) is 0 Å². The Morgan fingerprint density at radius 3 is 2.41 bits per heavy atom. The average Bonchev–Trinajstić information content (AvgIpc) is 2.47. The predicted octanol–water partition coefficient (Wildman–Crippen LogP) is 3.54. The molecule has 0 radical (unpaired) electrons. The van der Waals surface area contributed by atoms with Crippen LogP contribution in [0.15, 0.2) is 30.3 Å². The van der Waals surface area contributed by atoms with Crippen molar-refractivity contribution in [1.29, 1.82) is 0 Å². The first kappa shape index (κ1) is 18.0. The van der Waals surface area contributed by atoms with Crippen LogP contribution in [0, 0.1) is 0 Å². The number of carbonyl (C=O) groups is 2.